The van der Waals surface area contributed by atoms with E-state index in [0.717, 1.165) is 120 Å². The fraction of sp³-hybridized carbons (Fsp3) is 0.386. The van der Waals surface area contributed by atoms with Gasteiger partial charge in [-0.15, -0.1) is 0 Å². The molecule has 3 fully saturated rings. The first-order valence-corrected chi connectivity index (χ1v) is 26.5. The molecule has 2 aromatic heterocycles. The van der Waals surface area contributed by atoms with Crippen LogP contribution in [-0.2, 0) is 22.6 Å². The second-order valence-electron chi connectivity index (χ2n) is 19.9. The van der Waals surface area contributed by atoms with Gasteiger partial charge in [0.25, 0.3) is 5.91 Å². The number of carboxylic acids is 1. The first-order valence-electron chi connectivity index (χ1n) is 25.7. The van der Waals surface area contributed by atoms with Crippen LogP contribution in [0.4, 0.5) is 22.3 Å². The summed E-state index contributed by atoms with van der Waals surface area (Å²) in [6.45, 7) is 9.98. The summed E-state index contributed by atoms with van der Waals surface area (Å²) in [5, 5.41) is 28.6. The normalized spacial score (nSPS) is 19.3. The molecular formula is C57H63N9O6S. The number of pyridine rings is 1. The number of piperazine rings is 1. The number of aryl methyl sites for hydroxylation is 1. The van der Waals surface area contributed by atoms with Gasteiger partial charge in [0.15, 0.2) is 10.8 Å². The summed E-state index contributed by atoms with van der Waals surface area (Å²) >= 11 is 1.44. The van der Waals surface area contributed by atoms with Crippen molar-refractivity contribution in [1.82, 2.24) is 20.2 Å². The SMILES string of the molecule is CNc1cc(N2CCN(CCCC3CCC(Oc4cccc(-c5ccc(N6CCc7cccc(C(=O)Nc8nc9ccccc9s8)c7C6)nc5C(=O)O)c4C)CC3)CC2)c(C)cc1C(=N)C1CCC(=O)NC1=O. The summed E-state index contributed by atoms with van der Waals surface area (Å²) in [5.74, 6) is -0.658. The molecule has 10 rings (SSSR count). The third kappa shape index (κ3) is 10.7. The zero-order valence-corrected chi connectivity index (χ0v) is 42.6. The molecule has 0 bridgehead atoms. The van der Waals surface area contributed by atoms with Crippen molar-refractivity contribution in [3.63, 3.8) is 0 Å². The summed E-state index contributed by atoms with van der Waals surface area (Å²) in [6.07, 6.45) is 7.93. The number of piperidine rings is 1. The topological polar surface area (TPSA) is 193 Å². The van der Waals surface area contributed by atoms with Gasteiger partial charge >= 0.3 is 5.97 Å². The van der Waals surface area contributed by atoms with Crippen molar-refractivity contribution >= 4 is 73.3 Å². The number of aromatic nitrogens is 2. The van der Waals surface area contributed by atoms with Crippen molar-refractivity contribution in [2.45, 2.75) is 84.3 Å². The third-order valence-corrected chi connectivity index (χ3v) is 16.3. The van der Waals surface area contributed by atoms with Gasteiger partial charge in [-0.25, -0.2) is 14.8 Å². The number of fused-ring (bicyclic) bond motifs is 2. The lowest BCUT2D eigenvalue weighted by Crippen LogP contribution is -2.47. The lowest BCUT2D eigenvalue weighted by Gasteiger charge is -2.37. The number of rotatable bonds is 15. The highest BCUT2D eigenvalue weighted by Gasteiger charge is 2.33. The van der Waals surface area contributed by atoms with Crippen molar-refractivity contribution in [3.8, 4) is 16.9 Å². The van der Waals surface area contributed by atoms with Crippen LogP contribution in [0, 0.1) is 31.1 Å². The summed E-state index contributed by atoms with van der Waals surface area (Å²) < 4.78 is 7.69. The van der Waals surface area contributed by atoms with Crippen LogP contribution in [0.5, 0.6) is 5.75 Å². The fourth-order valence-electron chi connectivity index (χ4n) is 11.3. The van der Waals surface area contributed by atoms with Gasteiger partial charge in [-0.2, -0.15) is 0 Å². The standard InChI is InChI=1S/C57H63N9O6S/c1-34-31-43(52(58)42-21-23-51(67)62-55(42)69)46(59-3)32-47(34)65-29-27-64(28-30-65)25-8-9-36-16-18-38(19-17-36)72-48-14-7-11-39(35(48)2)40-20-22-50(61-53(40)56(70)71)66-26-24-37-10-6-12-41(44(37)33-66)54(68)63-57-60-45-13-4-5-15-49(45)73-57/h4-7,10-15,20,22,31-32,36,38,42,58-59H,8-9,16-19,21,23-30,33H2,1-3H3,(H,70,71)(H,60,63,68)(H,62,67,69). The van der Waals surface area contributed by atoms with E-state index in [0.29, 0.717) is 59.5 Å². The first-order chi connectivity index (χ1) is 35.4. The maximum atomic E-state index is 13.7. The monoisotopic (exact) mass is 1000 g/mol. The number of amides is 3. The van der Waals surface area contributed by atoms with E-state index in [4.69, 9.17) is 15.1 Å². The minimum atomic E-state index is -1.11. The molecule has 0 radical (unpaired) electrons. The van der Waals surface area contributed by atoms with Crippen molar-refractivity contribution in [1.29, 1.82) is 5.41 Å². The molecule has 378 valence electrons. The van der Waals surface area contributed by atoms with Crippen molar-refractivity contribution in [3.05, 3.63) is 124 Å². The predicted molar refractivity (Wildman–Crippen MR) is 288 cm³/mol. The first kappa shape index (κ1) is 49.4. The number of anilines is 4. The molecular weight excluding hydrogens is 939 g/mol. The van der Waals surface area contributed by atoms with E-state index in [9.17, 15) is 24.3 Å². The molecule has 1 unspecified atom stereocenters. The summed E-state index contributed by atoms with van der Waals surface area (Å²) in [7, 11) is 1.84. The molecule has 5 heterocycles. The molecule has 16 heteroatoms. The van der Waals surface area contributed by atoms with E-state index in [1.165, 1.54) is 17.8 Å². The summed E-state index contributed by atoms with van der Waals surface area (Å²) in [5.41, 5.74) is 9.54. The largest absolute Gasteiger partial charge is 0.490 e. The van der Waals surface area contributed by atoms with Crippen molar-refractivity contribution in [2.24, 2.45) is 11.8 Å². The Balaban J connectivity index is 0.707. The molecule has 1 aliphatic carbocycles. The molecule has 15 nitrogen and oxygen atoms in total. The molecule has 3 amide bonds. The Labute approximate surface area is 429 Å². The second-order valence-corrected chi connectivity index (χ2v) is 21.0. The average Bonchev–Trinajstić information content (AvgIpc) is 3.81. The molecule has 1 saturated carbocycles. The average molecular weight is 1000 g/mol. The number of nitrogens with one attached hydrogen (secondary N) is 4. The van der Waals surface area contributed by atoms with Crippen molar-refractivity contribution in [2.75, 3.05) is 66.7 Å². The van der Waals surface area contributed by atoms with Gasteiger partial charge in [-0.3, -0.25) is 29.9 Å². The zero-order chi connectivity index (χ0) is 50.8. The zero-order valence-electron chi connectivity index (χ0n) is 41.8. The number of thiazole rings is 1. The van der Waals surface area contributed by atoms with E-state index in [1.54, 1.807) is 0 Å². The number of hydrogen-bond acceptors (Lipinski definition) is 13. The van der Waals surface area contributed by atoms with Gasteiger partial charge in [-0.05, 0) is 154 Å². The van der Waals surface area contributed by atoms with Gasteiger partial charge in [-0.1, -0.05) is 47.7 Å². The highest BCUT2D eigenvalue weighted by molar-refractivity contribution is 7.22. The van der Waals surface area contributed by atoms with E-state index in [2.05, 4.69) is 43.7 Å². The maximum absolute atomic E-state index is 13.7. The van der Waals surface area contributed by atoms with Crippen LogP contribution >= 0.6 is 11.3 Å². The quantitative estimate of drug-likeness (QED) is 0.0484. The number of para-hydroxylation sites is 1. The Morgan fingerprint density at radius 2 is 1.64 bits per heavy atom. The van der Waals surface area contributed by atoms with E-state index >= 15 is 0 Å². The Hall–Kier alpha value is -7.17. The molecule has 73 heavy (non-hydrogen) atoms. The van der Waals surface area contributed by atoms with Gasteiger partial charge in [0.1, 0.15) is 11.6 Å². The van der Waals surface area contributed by atoms with Crippen LogP contribution in [0.3, 0.4) is 0 Å². The number of ether oxygens (including phenoxy) is 1. The van der Waals surface area contributed by atoms with Crippen LogP contribution in [-0.4, -0.2) is 102 Å². The molecule has 2 saturated heterocycles. The van der Waals surface area contributed by atoms with Gasteiger partial charge in [0.05, 0.1) is 28.0 Å². The number of nitrogens with zero attached hydrogens (tertiary/aromatic N) is 5. The van der Waals surface area contributed by atoms with Crippen molar-refractivity contribution < 1.29 is 29.0 Å². The molecule has 5 N–H and O–H groups in total. The minimum absolute atomic E-state index is 0.0241. The Kier molecular flexibility index (Phi) is 14.6. The Morgan fingerprint density at radius 3 is 2.41 bits per heavy atom. The van der Waals surface area contributed by atoms with Crippen LogP contribution in [0.25, 0.3) is 21.3 Å². The van der Waals surface area contributed by atoms with Crippen LogP contribution in [0.2, 0.25) is 0 Å². The second kappa shape index (κ2) is 21.5. The molecule has 6 aromatic rings. The smallest absolute Gasteiger partial charge is 0.355 e. The van der Waals surface area contributed by atoms with E-state index in [1.807, 2.05) is 97.7 Å². The minimum Gasteiger partial charge on any atom is -0.490 e. The summed E-state index contributed by atoms with van der Waals surface area (Å²) in [6, 6.07) is 27.3. The number of imide groups is 1. The number of carbonyl (C=O) groups is 4. The van der Waals surface area contributed by atoms with E-state index in [-0.39, 0.29) is 35.7 Å². The lowest BCUT2D eigenvalue weighted by molar-refractivity contribution is -0.134. The lowest BCUT2D eigenvalue weighted by atomic mass is 9.84. The number of benzene rings is 4. The molecule has 4 aliphatic rings. The van der Waals surface area contributed by atoms with Crippen LogP contribution in [0.1, 0.15) is 100 Å². The van der Waals surface area contributed by atoms with Gasteiger partial charge in [0.2, 0.25) is 11.8 Å². The molecule has 0 spiro atoms. The Bertz CT molecular complexity index is 3070. The number of aromatic carboxylic acids is 1. The number of carbonyl (C=O) groups excluding carboxylic acids is 3. The fourth-order valence-corrected chi connectivity index (χ4v) is 12.1. The maximum Gasteiger partial charge on any atom is 0.355 e. The number of hydrogen-bond donors (Lipinski definition) is 5. The Morgan fingerprint density at radius 1 is 0.849 bits per heavy atom. The van der Waals surface area contributed by atoms with E-state index < -0.39 is 17.8 Å². The molecule has 1 atom stereocenters. The van der Waals surface area contributed by atoms with Gasteiger partial charge < -0.3 is 30.4 Å². The third-order valence-electron chi connectivity index (χ3n) is 15.4. The molecule has 3 aliphatic heterocycles. The van der Waals surface area contributed by atoms with Gasteiger partial charge in [0, 0.05) is 80.8 Å². The predicted octanol–water partition coefficient (Wildman–Crippen LogP) is 9.49. The van der Waals surface area contributed by atoms with Crippen LogP contribution in [0.15, 0.2) is 84.9 Å². The number of carboxylic acid groups (broad SMARTS) is 1. The summed E-state index contributed by atoms with van der Waals surface area (Å²) in [4.78, 5) is 67.2. The highest BCUT2D eigenvalue weighted by atomic mass is 32.1. The highest BCUT2D eigenvalue weighted by Crippen LogP contribution is 2.38. The van der Waals surface area contributed by atoms with Crippen LogP contribution < -0.4 is 30.5 Å². The molecule has 4 aromatic carbocycles.